The molecule has 0 aromatic heterocycles. The van der Waals surface area contributed by atoms with Crippen LogP contribution in [0.3, 0.4) is 0 Å². The summed E-state index contributed by atoms with van der Waals surface area (Å²) in [4.78, 5) is 16.6. The lowest BCUT2D eigenvalue weighted by atomic mass is 10.0. The summed E-state index contributed by atoms with van der Waals surface area (Å²) in [6.45, 7) is 4.86. The number of hydrogen-bond donors (Lipinski definition) is 4. The molecule has 1 unspecified atom stereocenters. The molecule has 1 aliphatic rings. The molecule has 0 aliphatic carbocycles. The number of nitrogens with one attached hydrogen (secondary N) is 3. The van der Waals surface area contributed by atoms with E-state index >= 15 is 0 Å². The molecule has 1 aromatic rings. The summed E-state index contributed by atoms with van der Waals surface area (Å²) < 4.78 is 0. The highest BCUT2D eigenvalue weighted by atomic mass is 16.1. The fourth-order valence-corrected chi connectivity index (χ4v) is 2.63. The SMILES string of the molecule is C/C=C(\C=C/C1NC=C(CNC(=O)c2cccc(C)c2C=NC)N1)CN. The third kappa shape index (κ3) is 5.07. The second kappa shape index (κ2) is 9.58. The zero-order valence-electron chi connectivity index (χ0n) is 15.5. The smallest absolute Gasteiger partial charge is 0.252 e. The maximum Gasteiger partial charge on any atom is 0.252 e. The van der Waals surface area contributed by atoms with E-state index < -0.39 is 0 Å². The number of benzene rings is 1. The van der Waals surface area contributed by atoms with Gasteiger partial charge in [-0.3, -0.25) is 9.79 Å². The first-order chi connectivity index (χ1) is 12.6. The first-order valence-electron chi connectivity index (χ1n) is 8.64. The number of hydrogen-bond acceptors (Lipinski definition) is 5. The fourth-order valence-electron chi connectivity index (χ4n) is 2.63. The van der Waals surface area contributed by atoms with Gasteiger partial charge in [-0.05, 0) is 37.1 Å². The topological polar surface area (TPSA) is 91.5 Å². The van der Waals surface area contributed by atoms with Crippen LogP contribution >= 0.6 is 0 Å². The van der Waals surface area contributed by atoms with E-state index in [9.17, 15) is 4.79 Å². The van der Waals surface area contributed by atoms with Crippen molar-refractivity contribution in [2.45, 2.75) is 20.0 Å². The van der Waals surface area contributed by atoms with E-state index in [-0.39, 0.29) is 12.1 Å². The minimum Gasteiger partial charge on any atom is -0.367 e. The predicted molar refractivity (Wildman–Crippen MR) is 107 cm³/mol. The molecular weight excluding hydrogens is 326 g/mol. The number of nitrogens with two attached hydrogens (primary N) is 1. The molecule has 1 aliphatic heterocycles. The molecule has 5 N–H and O–H groups in total. The molecule has 6 nitrogen and oxygen atoms in total. The van der Waals surface area contributed by atoms with Gasteiger partial charge in [-0.1, -0.05) is 24.3 Å². The molecule has 0 saturated carbocycles. The van der Waals surface area contributed by atoms with E-state index in [1.54, 1.807) is 13.3 Å². The highest BCUT2D eigenvalue weighted by molar-refractivity contribution is 6.03. The van der Waals surface area contributed by atoms with E-state index in [1.165, 1.54) is 0 Å². The Labute approximate surface area is 155 Å². The molecular formula is C20H27N5O. The second-order valence-electron chi connectivity index (χ2n) is 5.99. The standard InChI is InChI=1S/C20H27N5O/c1-4-15(10-21)8-9-19-23-11-16(25-19)12-24-20(26)17-7-5-6-14(2)18(17)13-22-3/h4-9,11,13,19,23,25H,10,12,21H2,1-3H3,(H,24,26)/b9-8-,15-4+,22-13?. The zero-order valence-corrected chi connectivity index (χ0v) is 15.5. The van der Waals surface area contributed by atoms with Gasteiger partial charge >= 0.3 is 0 Å². The van der Waals surface area contributed by atoms with Crippen LogP contribution in [0.25, 0.3) is 0 Å². The largest absolute Gasteiger partial charge is 0.367 e. The van der Waals surface area contributed by atoms with Crippen LogP contribution in [0.15, 0.2) is 58.9 Å². The molecule has 26 heavy (non-hydrogen) atoms. The summed E-state index contributed by atoms with van der Waals surface area (Å²) in [6.07, 6.45) is 9.56. The summed E-state index contributed by atoms with van der Waals surface area (Å²) in [5.74, 6) is -0.121. The van der Waals surface area contributed by atoms with Crippen LogP contribution in [0, 0.1) is 6.92 Å². The van der Waals surface area contributed by atoms with E-state index in [0.717, 1.165) is 22.4 Å². The third-order valence-electron chi connectivity index (χ3n) is 4.15. The van der Waals surface area contributed by atoms with Crippen molar-refractivity contribution >= 4 is 12.1 Å². The van der Waals surface area contributed by atoms with Gasteiger partial charge in [-0.2, -0.15) is 0 Å². The van der Waals surface area contributed by atoms with Gasteiger partial charge < -0.3 is 21.7 Å². The van der Waals surface area contributed by atoms with Gasteiger partial charge in [-0.25, -0.2) is 0 Å². The molecule has 0 fully saturated rings. The van der Waals surface area contributed by atoms with E-state index in [2.05, 4.69) is 20.9 Å². The van der Waals surface area contributed by atoms with Gasteiger partial charge in [0.15, 0.2) is 0 Å². The number of rotatable bonds is 7. The monoisotopic (exact) mass is 353 g/mol. The van der Waals surface area contributed by atoms with Crippen LogP contribution in [0.2, 0.25) is 0 Å². The maximum absolute atomic E-state index is 12.5. The Morgan fingerprint density at radius 1 is 1.42 bits per heavy atom. The van der Waals surface area contributed by atoms with Crippen molar-refractivity contribution in [2.24, 2.45) is 10.7 Å². The molecule has 0 spiro atoms. The van der Waals surface area contributed by atoms with Crippen LogP contribution in [0.1, 0.15) is 28.4 Å². The lowest BCUT2D eigenvalue weighted by molar-refractivity contribution is 0.0956. The Balaban J connectivity index is 1.92. The number of carbonyl (C=O) groups is 1. The van der Waals surface area contributed by atoms with Crippen molar-refractivity contribution in [1.29, 1.82) is 0 Å². The molecule has 1 amide bonds. The molecule has 1 heterocycles. The summed E-state index contributed by atoms with van der Waals surface area (Å²) in [5, 5.41) is 9.47. The summed E-state index contributed by atoms with van der Waals surface area (Å²) in [7, 11) is 1.70. The molecule has 1 aromatic carbocycles. The van der Waals surface area contributed by atoms with Crippen LogP contribution in [0.4, 0.5) is 0 Å². The predicted octanol–water partition coefficient (Wildman–Crippen LogP) is 1.60. The Hall–Kier alpha value is -2.86. The lowest BCUT2D eigenvalue weighted by Gasteiger charge is -2.12. The molecule has 0 bridgehead atoms. The minimum absolute atomic E-state index is 0.00911. The first kappa shape index (κ1) is 19.5. The van der Waals surface area contributed by atoms with Gasteiger partial charge in [0.2, 0.25) is 0 Å². The van der Waals surface area contributed by atoms with Crippen molar-refractivity contribution < 1.29 is 4.79 Å². The maximum atomic E-state index is 12.5. The summed E-state index contributed by atoms with van der Waals surface area (Å²) >= 11 is 0. The van der Waals surface area contributed by atoms with Crippen molar-refractivity contribution in [3.8, 4) is 0 Å². The van der Waals surface area contributed by atoms with Gasteiger partial charge in [-0.15, -0.1) is 0 Å². The summed E-state index contributed by atoms with van der Waals surface area (Å²) in [5.41, 5.74) is 10.1. The van der Waals surface area contributed by atoms with Crippen molar-refractivity contribution in [2.75, 3.05) is 20.1 Å². The van der Waals surface area contributed by atoms with Gasteiger partial charge in [0.1, 0.15) is 6.17 Å². The average Bonchev–Trinajstić information content (AvgIpc) is 3.10. The molecule has 6 heteroatoms. The van der Waals surface area contributed by atoms with Gasteiger partial charge in [0.05, 0.1) is 6.54 Å². The third-order valence-corrected chi connectivity index (χ3v) is 4.15. The number of allylic oxidation sites excluding steroid dienone is 1. The molecule has 1 atom stereocenters. The quantitative estimate of drug-likeness (QED) is 0.443. The molecule has 0 radical (unpaired) electrons. The minimum atomic E-state index is -0.121. The number of nitrogens with zero attached hydrogens (tertiary/aromatic N) is 1. The highest BCUT2D eigenvalue weighted by Crippen LogP contribution is 2.12. The molecule has 0 saturated heterocycles. The number of carbonyl (C=O) groups excluding carboxylic acids is 1. The Morgan fingerprint density at radius 3 is 2.92 bits per heavy atom. The van der Waals surface area contributed by atoms with Gasteiger partial charge in [0, 0.05) is 42.8 Å². The Bertz CT molecular complexity index is 761. The van der Waals surface area contributed by atoms with E-state index in [4.69, 9.17) is 5.73 Å². The Kier molecular flexibility index (Phi) is 7.17. The van der Waals surface area contributed by atoms with Crippen LogP contribution in [-0.4, -0.2) is 38.4 Å². The fraction of sp³-hybridized carbons (Fsp3) is 0.300. The number of aliphatic imine (C=N–C) groups is 1. The number of aryl methyl sites for hydroxylation is 1. The average molecular weight is 353 g/mol. The molecule has 2 rings (SSSR count). The lowest BCUT2D eigenvalue weighted by Crippen LogP contribution is -2.34. The first-order valence-corrected chi connectivity index (χ1v) is 8.64. The van der Waals surface area contributed by atoms with Crippen LogP contribution in [0.5, 0.6) is 0 Å². The normalized spacial score (nSPS) is 17.3. The number of amides is 1. The summed E-state index contributed by atoms with van der Waals surface area (Å²) in [6, 6.07) is 5.66. The zero-order chi connectivity index (χ0) is 18.9. The second-order valence-corrected chi connectivity index (χ2v) is 5.99. The van der Waals surface area contributed by atoms with E-state index in [1.807, 2.05) is 56.5 Å². The molecule has 138 valence electrons. The van der Waals surface area contributed by atoms with Crippen molar-refractivity contribution in [3.63, 3.8) is 0 Å². The van der Waals surface area contributed by atoms with E-state index in [0.29, 0.717) is 18.7 Å². The van der Waals surface area contributed by atoms with Crippen LogP contribution < -0.4 is 21.7 Å². The van der Waals surface area contributed by atoms with Crippen molar-refractivity contribution in [1.82, 2.24) is 16.0 Å². The Morgan fingerprint density at radius 2 is 2.23 bits per heavy atom. The highest BCUT2D eigenvalue weighted by Gasteiger charge is 2.15. The van der Waals surface area contributed by atoms with Crippen molar-refractivity contribution in [3.05, 3.63) is 70.6 Å². The van der Waals surface area contributed by atoms with Crippen LogP contribution in [-0.2, 0) is 0 Å². The van der Waals surface area contributed by atoms with Gasteiger partial charge in [0.25, 0.3) is 5.91 Å².